The molecule has 2 N–H and O–H groups in total. The monoisotopic (exact) mass is 258 g/mol. The molecule has 0 saturated carbocycles. The second-order valence-corrected chi connectivity index (χ2v) is 3.87. The van der Waals surface area contributed by atoms with Crippen molar-refractivity contribution in [1.82, 2.24) is 10.3 Å². The van der Waals surface area contributed by atoms with Crippen LogP contribution in [-0.4, -0.2) is 28.6 Å². The number of nitrogens with one attached hydrogen (secondary N) is 1. The molecule has 0 saturated heterocycles. The highest BCUT2D eigenvalue weighted by atomic mass is 79.9. The van der Waals surface area contributed by atoms with Gasteiger partial charge >= 0.3 is 0 Å². The third-order valence-corrected chi connectivity index (χ3v) is 1.96. The quantitative estimate of drug-likeness (QED) is 0.849. The molecule has 0 radical (unpaired) electrons. The molecule has 0 aliphatic rings. The number of halogens is 1. The Morgan fingerprint density at radius 2 is 2.43 bits per heavy atom. The van der Waals surface area contributed by atoms with E-state index in [0.717, 1.165) is 4.47 Å². The first-order chi connectivity index (χ1) is 6.59. The van der Waals surface area contributed by atoms with Crippen molar-refractivity contribution < 1.29 is 9.90 Å². The van der Waals surface area contributed by atoms with Crippen LogP contribution in [0.3, 0.4) is 0 Å². The number of aliphatic hydroxyl groups excluding tert-OH is 1. The van der Waals surface area contributed by atoms with E-state index in [4.69, 9.17) is 5.11 Å². The molecule has 4 nitrogen and oxygen atoms in total. The number of aliphatic hydroxyl groups is 1. The summed E-state index contributed by atoms with van der Waals surface area (Å²) >= 11 is 3.22. The van der Waals surface area contributed by atoms with Crippen LogP contribution < -0.4 is 5.32 Å². The van der Waals surface area contributed by atoms with Crippen molar-refractivity contribution in [2.24, 2.45) is 0 Å². The van der Waals surface area contributed by atoms with Gasteiger partial charge in [0, 0.05) is 23.4 Å². The van der Waals surface area contributed by atoms with Gasteiger partial charge < -0.3 is 10.4 Å². The Labute approximate surface area is 90.5 Å². The van der Waals surface area contributed by atoms with Crippen molar-refractivity contribution in [3.05, 3.63) is 28.5 Å². The van der Waals surface area contributed by atoms with Crippen LogP contribution in [0.4, 0.5) is 0 Å². The first-order valence-corrected chi connectivity index (χ1v) is 4.95. The molecule has 1 aromatic heterocycles. The zero-order valence-corrected chi connectivity index (χ0v) is 9.28. The third kappa shape index (κ3) is 3.43. The molecule has 0 unspecified atom stereocenters. The lowest BCUT2D eigenvalue weighted by Crippen LogP contribution is -2.30. The summed E-state index contributed by atoms with van der Waals surface area (Å²) in [5, 5.41) is 11.5. The summed E-state index contributed by atoms with van der Waals surface area (Å²) in [7, 11) is 0. The summed E-state index contributed by atoms with van der Waals surface area (Å²) in [4.78, 5) is 15.3. The number of nitrogens with zero attached hydrogens (tertiary/aromatic N) is 1. The molecule has 0 bridgehead atoms. The Hall–Kier alpha value is -0.940. The lowest BCUT2D eigenvalue weighted by atomic mass is 10.2. The highest BCUT2D eigenvalue weighted by molar-refractivity contribution is 9.10. The van der Waals surface area contributed by atoms with Crippen molar-refractivity contribution in [2.45, 2.75) is 13.0 Å². The van der Waals surface area contributed by atoms with E-state index in [1.807, 2.05) is 0 Å². The van der Waals surface area contributed by atoms with Crippen molar-refractivity contribution in [2.75, 3.05) is 6.54 Å². The van der Waals surface area contributed by atoms with E-state index in [-0.39, 0.29) is 12.5 Å². The molecular weight excluding hydrogens is 248 g/mol. The van der Waals surface area contributed by atoms with Gasteiger partial charge in [-0.2, -0.15) is 0 Å². The molecule has 1 heterocycles. The molecule has 0 aromatic carbocycles. The van der Waals surface area contributed by atoms with Crippen LogP contribution in [0, 0.1) is 0 Å². The maximum Gasteiger partial charge on any atom is 0.252 e. The zero-order valence-electron chi connectivity index (χ0n) is 7.70. The number of rotatable bonds is 3. The van der Waals surface area contributed by atoms with Crippen LogP contribution in [-0.2, 0) is 0 Å². The Morgan fingerprint density at radius 3 is 3.00 bits per heavy atom. The maximum absolute atomic E-state index is 11.4. The molecule has 1 aromatic rings. The average Bonchev–Trinajstić information content (AvgIpc) is 2.14. The van der Waals surface area contributed by atoms with Crippen LogP contribution >= 0.6 is 15.9 Å². The minimum Gasteiger partial charge on any atom is -0.392 e. The largest absolute Gasteiger partial charge is 0.392 e. The predicted octanol–water partition coefficient (Wildman–Crippen LogP) is 0.955. The van der Waals surface area contributed by atoms with E-state index in [9.17, 15) is 4.79 Å². The molecular formula is C9H11BrN2O2. The number of aromatic nitrogens is 1. The Bertz CT molecular complexity index is 328. The average molecular weight is 259 g/mol. The predicted molar refractivity (Wildman–Crippen MR) is 56.0 cm³/mol. The molecule has 14 heavy (non-hydrogen) atoms. The van der Waals surface area contributed by atoms with Gasteiger partial charge in [0.1, 0.15) is 0 Å². The number of amides is 1. The SMILES string of the molecule is C[C@@H](O)CNC(=O)c1cncc(Br)c1. The van der Waals surface area contributed by atoms with Crippen LogP contribution in [0.1, 0.15) is 17.3 Å². The first kappa shape index (κ1) is 11.1. The number of carbonyl (C=O) groups is 1. The van der Waals surface area contributed by atoms with E-state index in [0.29, 0.717) is 5.56 Å². The molecule has 76 valence electrons. The van der Waals surface area contributed by atoms with Crippen LogP contribution in [0.5, 0.6) is 0 Å². The fraction of sp³-hybridized carbons (Fsp3) is 0.333. The van der Waals surface area contributed by atoms with Gasteiger partial charge in [0.05, 0.1) is 11.7 Å². The summed E-state index contributed by atoms with van der Waals surface area (Å²) in [6.45, 7) is 1.85. The highest BCUT2D eigenvalue weighted by Crippen LogP contribution is 2.09. The van der Waals surface area contributed by atoms with E-state index >= 15 is 0 Å². The minimum absolute atomic E-state index is 0.236. The fourth-order valence-corrected chi connectivity index (χ4v) is 1.24. The van der Waals surface area contributed by atoms with Gasteiger partial charge in [-0.05, 0) is 28.9 Å². The molecule has 0 fully saturated rings. The molecule has 0 aliphatic carbocycles. The van der Waals surface area contributed by atoms with Crippen molar-refractivity contribution in [3.8, 4) is 0 Å². The van der Waals surface area contributed by atoms with Crippen LogP contribution in [0.2, 0.25) is 0 Å². The van der Waals surface area contributed by atoms with Gasteiger partial charge in [0.2, 0.25) is 0 Å². The molecule has 1 rings (SSSR count). The van der Waals surface area contributed by atoms with Crippen molar-refractivity contribution in [1.29, 1.82) is 0 Å². The van der Waals surface area contributed by atoms with Gasteiger partial charge in [-0.25, -0.2) is 0 Å². The van der Waals surface area contributed by atoms with Gasteiger partial charge in [-0.1, -0.05) is 0 Å². The normalized spacial score (nSPS) is 12.2. The third-order valence-electron chi connectivity index (χ3n) is 1.53. The summed E-state index contributed by atoms with van der Waals surface area (Å²) in [5.41, 5.74) is 0.472. The Balaban J connectivity index is 2.61. The van der Waals surface area contributed by atoms with Crippen LogP contribution in [0.25, 0.3) is 0 Å². The smallest absolute Gasteiger partial charge is 0.252 e. The summed E-state index contributed by atoms with van der Waals surface area (Å²) in [6, 6.07) is 1.67. The van der Waals surface area contributed by atoms with Crippen molar-refractivity contribution in [3.63, 3.8) is 0 Å². The summed E-state index contributed by atoms with van der Waals surface area (Å²) in [6.07, 6.45) is 2.53. The number of pyridine rings is 1. The van der Waals surface area contributed by atoms with Gasteiger partial charge in [-0.3, -0.25) is 9.78 Å². The fourth-order valence-electron chi connectivity index (χ4n) is 0.879. The van der Waals surface area contributed by atoms with E-state index in [2.05, 4.69) is 26.2 Å². The highest BCUT2D eigenvalue weighted by Gasteiger charge is 2.06. The topological polar surface area (TPSA) is 62.2 Å². The van der Waals surface area contributed by atoms with Gasteiger partial charge in [0.15, 0.2) is 0 Å². The van der Waals surface area contributed by atoms with Crippen molar-refractivity contribution >= 4 is 21.8 Å². The second-order valence-electron chi connectivity index (χ2n) is 2.95. The molecule has 5 heteroatoms. The standard InChI is InChI=1S/C9H11BrN2O2/c1-6(13)3-12-9(14)7-2-8(10)5-11-4-7/h2,4-6,13H,3H2,1H3,(H,12,14)/t6-/m1/s1. The number of carbonyl (C=O) groups excluding carboxylic acids is 1. The lowest BCUT2D eigenvalue weighted by Gasteiger charge is -2.06. The number of hydrogen-bond acceptors (Lipinski definition) is 3. The first-order valence-electron chi connectivity index (χ1n) is 4.16. The maximum atomic E-state index is 11.4. The molecule has 0 aliphatic heterocycles. The van der Waals surface area contributed by atoms with Gasteiger partial charge in [0.25, 0.3) is 5.91 Å². The van der Waals surface area contributed by atoms with Crippen LogP contribution in [0.15, 0.2) is 22.9 Å². The van der Waals surface area contributed by atoms with Gasteiger partial charge in [-0.15, -0.1) is 0 Å². The summed E-state index contributed by atoms with van der Waals surface area (Å²) in [5.74, 6) is -0.236. The minimum atomic E-state index is -0.543. The Morgan fingerprint density at radius 1 is 1.71 bits per heavy atom. The van der Waals surface area contributed by atoms with E-state index in [1.165, 1.54) is 6.20 Å². The molecule has 1 atom stereocenters. The molecule has 0 spiro atoms. The second kappa shape index (κ2) is 5.07. The lowest BCUT2D eigenvalue weighted by molar-refractivity contribution is 0.0923. The Kier molecular flexibility index (Phi) is 4.03. The van der Waals surface area contributed by atoms with E-state index < -0.39 is 6.10 Å². The molecule has 1 amide bonds. The number of hydrogen-bond donors (Lipinski definition) is 2. The zero-order chi connectivity index (χ0) is 10.6. The summed E-state index contributed by atoms with van der Waals surface area (Å²) < 4.78 is 0.752. The van der Waals surface area contributed by atoms with E-state index in [1.54, 1.807) is 19.2 Å².